The van der Waals surface area contributed by atoms with Gasteiger partial charge < -0.3 is 15.5 Å². The van der Waals surface area contributed by atoms with E-state index in [0.29, 0.717) is 23.5 Å². The van der Waals surface area contributed by atoms with Crippen LogP contribution in [0.3, 0.4) is 0 Å². The molecule has 1 aromatic heterocycles. The first-order valence-electron chi connectivity index (χ1n) is 10.5. The summed E-state index contributed by atoms with van der Waals surface area (Å²) in [6.07, 6.45) is -1.53. The molecule has 2 saturated heterocycles. The molecule has 0 bridgehead atoms. The summed E-state index contributed by atoms with van der Waals surface area (Å²) in [4.78, 5) is 2.42. The third-order valence-corrected chi connectivity index (χ3v) is 6.61. The van der Waals surface area contributed by atoms with E-state index in [2.05, 4.69) is 37.9 Å². The quantitative estimate of drug-likeness (QED) is 0.633. The lowest BCUT2D eigenvalue weighted by Gasteiger charge is -2.38. The number of nitrogens with zero attached hydrogens (tertiary/aromatic N) is 3. The Labute approximate surface area is 178 Å². The van der Waals surface area contributed by atoms with Crippen LogP contribution in [0, 0.1) is 6.92 Å². The third kappa shape index (κ3) is 3.48. The van der Waals surface area contributed by atoms with Gasteiger partial charge in [0.1, 0.15) is 0 Å². The van der Waals surface area contributed by atoms with Crippen molar-refractivity contribution in [2.45, 2.75) is 44.6 Å². The number of anilines is 2. The monoisotopic (exact) mass is 427 g/mol. The minimum atomic E-state index is -4.38. The van der Waals surface area contributed by atoms with Crippen LogP contribution in [0.2, 0.25) is 0 Å². The molecule has 5 nitrogen and oxygen atoms in total. The lowest BCUT2D eigenvalue weighted by molar-refractivity contribution is -0.138. The highest BCUT2D eigenvalue weighted by Crippen LogP contribution is 2.36. The van der Waals surface area contributed by atoms with Crippen molar-refractivity contribution in [2.24, 2.45) is 0 Å². The summed E-state index contributed by atoms with van der Waals surface area (Å²) in [5.74, 6) is 0.575. The Kier molecular flexibility index (Phi) is 4.77. The Balaban J connectivity index is 1.47. The molecule has 3 atom stereocenters. The van der Waals surface area contributed by atoms with Crippen LogP contribution in [0.5, 0.6) is 0 Å². The highest BCUT2D eigenvalue weighted by Gasteiger charge is 2.40. The predicted molar refractivity (Wildman–Crippen MR) is 115 cm³/mol. The molecule has 8 heteroatoms. The van der Waals surface area contributed by atoms with Crippen molar-refractivity contribution in [2.75, 3.05) is 23.3 Å². The summed E-state index contributed by atoms with van der Waals surface area (Å²) in [5.41, 5.74) is 1.35. The SMILES string of the molecule is Cc1c([C@@H](C)Nc2nncc3ccc(N4CC[C@H]5NC[C@H]54)cc23)cccc1C(F)(F)F. The Bertz CT molecular complexity index is 1130. The lowest BCUT2D eigenvalue weighted by Crippen LogP contribution is -2.59. The molecule has 2 aliphatic rings. The number of rotatable bonds is 4. The zero-order chi connectivity index (χ0) is 21.8. The van der Waals surface area contributed by atoms with Gasteiger partial charge in [0.25, 0.3) is 0 Å². The summed E-state index contributed by atoms with van der Waals surface area (Å²) < 4.78 is 40.0. The zero-order valence-electron chi connectivity index (χ0n) is 17.4. The summed E-state index contributed by atoms with van der Waals surface area (Å²) in [7, 11) is 0. The van der Waals surface area contributed by atoms with Gasteiger partial charge in [-0.2, -0.15) is 18.3 Å². The molecule has 0 spiro atoms. The second-order valence-corrected chi connectivity index (χ2v) is 8.41. The van der Waals surface area contributed by atoms with E-state index in [1.54, 1.807) is 12.3 Å². The average Bonchev–Trinajstić information content (AvgIpc) is 3.00. The average molecular weight is 427 g/mol. The van der Waals surface area contributed by atoms with E-state index < -0.39 is 11.7 Å². The van der Waals surface area contributed by atoms with E-state index in [0.717, 1.165) is 42.0 Å². The molecular weight excluding hydrogens is 403 g/mol. The van der Waals surface area contributed by atoms with E-state index >= 15 is 0 Å². The van der Waals surface area contributed by atoms with Crippen LogP contribution < -0.4 is 15.5 Å². The Hall–Kier alpha value is -2.87. The van der Waals surface area contributed by atoms with Crippen molar-refractivity contribution in [3.63, 3.8) is 0 Å². The first-order chi connectivity index (χ1) is 14.8. The smallest absolute Gasteiger partial charge is 0.366 e. The van der Waals surface area contributed by atoms with Crippen LogP contribution in [0.1, 0.15) is 36.1 Å². The van der Waals surface area contributed by atoms with Gasteiger partial charge in [-0.15, -0.1) is 5.10 Å². The molecule has 0 aliphatic carbocycles. The van der Waals surface area contributed by atoms with Crippen LogP contribution in [0.25, 0.3) is 10.8 Å². The van der Waals surface area contributed by atoms with Crippen LogP contribution in [0.15, 0.2) is 42.6 Å². The van der Waals surface area contributed by atoms with E-state index in [1.165, 1.54) is 13.0 Å². The normalized spacial score (nSPS) is 21.6. The lowest BCUT2D eigenvalue weighted by atomic mass is 9.97. The van der Waals surface area contributed by atoms with Crippen molar-refractivity contribution in [1.82, 2.24) is 15.5 Å². The summed E-state index contributed by atoms with van der Waals surface area (Å²) in [5, 5.41) is 17.0. The molecule has 31 heavy (non-hydrogen) atoms. The zero-order valence-corrected chi connectivity index (χ0v) is 17.4. The van der Waals surface area contributed by atoms with Gasteiger partial charge in [0.2, 0.25) is 0 Å². The molecule has 3 aromatic rings. The number of hydrogen-bond acceptors (Lipinski definition) is 5. The third-order valence-electron chi connectivity index (χ3n) is 6.61. The molecule has 3 heterocycles. The van der Waals surface area contributed by atoms with Crippen LogP contribution >= 0.6 is 0 Å². The van der Waals surface area contributed by atoms with Crippen molar-refractivity contribution in [3.8, 4) is 0 Å². The van der Waals surface area contributed by atoms with Gasteiger partial charge in [-0.3, -0.25) is 0 Å². The topological polar surface area (TPSA) is 53.1 Å². The molecule has 0 amide bonds. The summed E-state index contributed by atoms with van der Waals surface area (Å²) in [6.45, 7) is 5.36. The largest absolute Gasteiger partial charge is 0.416 e. The van der Waals surface area contributed by atoms with Gasteiger partial charge in [0.15, 0.2) is 5.82 Å². The molecule has 0 radical (unpaired) electrons. The van der Waals surface area contributed by atoms with Gasteiger partial charge in [-0.25, -0.2) is 0 Å². The van der Waals surface area contributed by atoms with Gasteiger partial charge in [0.05, 0.1) is 23.8 Å². The van der Waals surface area contributed by atoms with Crippen molar-refractivity contribution >= 4 is 22.3 Å². The number of aromatic nitrogens is 2. The minimum Gasteiger partial charge on any atom is -0.366 e. The molecule has 5 rings (SSSR count). The first kappa shape index (κ1) is 20.1. The van der Waals surface area contributed by atoms with Gasteiger partial charge in [-0.1, -0.05) is 18.2 Å². The molecule has 2 aromatic carbocycles. The number of nitrogens with one attached hydrogen (secondary N) is 2. The Morgan fingerprint density at radius 2 is 2.06 bits per heavy atom. The fraction of sp³-hybridized carbons (Fsp3) is 0.391. The molecule has 162 valence electrons. The maximum Gasteiger partial charge on any atom is 0.416 e. The van der Waals surface area contributed by atoms with Gasteiger partial charge in [-0.05, 0) is 49.6 Å². The van der Waals surface area contributed by atoms with Crippen LogP contribution in [-0.2, 0) is 6.18 Å². The minimum absolute atomic E-state index is 0.226. The molecule has 0 unspecified atom stereocenters. The van der Waals surface area contributed by atoms with Crippen molar-refractivity contribution in [3.05, 3.63) is 59.3 Å². The second-order valence-electron chi connectivity index (χ2n) is 8.41. The van der Waals surface area contributed by atoms with E-state index in [9.17, 15) is 13.2 Å². The van der Waals surface area contributed by atoms with Gasteiger partial charge >= 0.3 is 6.18 Å². The fourth-order valence-electron chi connectivity index (χ4n) is 4.84. The fourth-order valence-corrected chi connectivity index (χ4v) is 4.84. The molecule has 2 N–H and O–H groups in total. The highest BCUT2D eigenvalue weighted by atomic mass is 19.4. The summed E-state index contributed by atoms with van der Waals surface area (Å²) in [6, 6.07) is 11.3. The number of benzene rings is 2. The highest BCUT2D eigenvalue weighted by molar-refractivity contribution is 5.93. The second kappa shape index (κ2) is 7.37. The molecule has 2 fully saturated rings. The number of halogens is 3. The summed E-state index contributed by atoms with van der Waals surface area (Å²) >= 11 is 0. The molecular formula is C23H24F3N5. The van der Waals surface area contributed by atoms with Gasteiger partial charge in [0, 0.05) is 35.6 Å². The van der Waals surface area contributed by atoms with E-state index in [1.807, 2.05) is 13.0 Å². The van der Waals surface area contributed by atoms with Crippen molar-refractivity contribution in [1.29, 1.82) is 0 Å². The maximum absolute atomic E-state index is 13.3. The number of hydrogen-bond donors (Lipinski definition) is 2. The van der Waals surface area contributed by atoms with E-state index in [4.69, 9.17) is 0 Å². The predicted octanol–water partition coefficient (Wildman–Crippen LogP) is 4.68. The first-order valence-corrected chi connectivity index (χ1v) is 10.5. The van der Waals surface area contributed by atoms with Crippen LogP contribution in [0.4, 0.5) is 24.7 Å². The van der Waals surface area contributed by atoms with Crippen LogP contribution in [-0.4, -0.2) is 35.4 Å². The molecule has 2 aliphatic heterocycles. The van der Waals surface area contributed by atoms with E-state index in [-0.39, 0.29) is 11.6 Å². The standard InChI is InChI=1S/C23H24F3N5/c1-13-17(4-3-5-19(13)23(24,25)26)14(2)29-22-18-10-16(7-6-15(18)11-28-30-22)31-9-8-20-21(31)12-27-20/h3-7,10-11,14,20-21,27H,8-9,12H2,1-2H3,(H,29,30)/t14-,20-,21-/m1/s1. The number of fused-ring (bicyclic) bond motifs is 2. The number of alkyl halides is 3. The maximum atomic E-state index is 13.3. The van der Waals surface area contributed by atoms with Crippen molar-refractivity contribution < 1.29 is 13.2 Å². The Morgan fingerprint density at radius 3 is 2.77 bits per heavy atom. The molecule has 0 saturated carbocycles. The Morgan fingerprint density at radius 1 is 1.23 bits per heavy atom.